The standard InChI is InChI=1S/C9H8BrN3/c10-8-5-12-13(6-8)7-9-3-1-2-4-11-9/h1-6H,7H2. The van der Waals surface area contributed by atoms with E-state index in [9.17, 15) is 0 Å². The molecule has 0 aliphatic heterocycles. The zero-order chi connectivity index (χ0) is 9.10. The molecule has 0 bridgehead atoms. The first-order chi connectivity index (χ1) is 6.34. The van der Waals surface area contributed by atoms with Gasteiger partial charge in [0, 0.05) is 12.4 Å². The summed E-state index contributed by atoms with van der Waals surface area (Å²) < 4.78 is 2.83. The van der Waals surface area contributed by atoms with Gasteiger partial charge in [-0.05, 0) is 28.1 Å². The van der Waals surface area contributed by atoms with Crippen LogP contribution in [-0.4, -0.2) is 14.8 Å². The van der Waals surface area contributed by atoms with Gasteiger partial charge in [0.1, 0.15) is 0 Å². The van der Waals surface area contributed by atoms with Crippen LogP contribution >= 0.6 is 15.9 Å². The van der Waals surface area contributed by atoms with Crippen LogP contribution in [0.15, 0.2) is 41.3 Å². The van der Waals surface area contributed by atoms with Gasteiger partial charge in [-0.15, -0.1) is 0 Å². The Balaban J connectivity index is 2.15. The molecule has 0 aromatic carbocycles. The first-order valence-electron chi connectivity index (χ1n) is 3.92. The summed E-state index contributed by atoms with van der Waals surface area (Å²) in [5.74, 6) is 0. The lowest BCUT2D eigenvalue weighted by molar-refractivity contribution is 0.672. The van der Waals surface area contributed by atoms with Crippen molar-refractivity contribution < 1.29 is 0 Å². The maximum absolute atomic E-state index is 4.21. The zero-order valence-electron chi connectivity index (χ0n) is 6.89. The molecular weight excluding hydrogens is 230 g/mol. The molecule has 0 aliphatic rings. The van der Waals surface area contributed by atoms with Crippen LogP contribution in [0.25, 0.3) is 0 Å². The Bertz CT molecular complexity index is 383. The summed E-state index contributed by atoms with van der Waals surface area (Å²) in [4.78, 5) is 4.21. The maximum atomic E-state index is 4.21. The van der Waals surface area contributed by atoms with Crippen LogP contribution < -0.4 is 0 Å². The van der Waals surface area contributed by atoms with E-state index in [1.165, 1.54) is 0 Å². The van der Waals surface area contributed by atoms with Gasteiger partial charge in [-0.2, -0.15) is 5.10 Å². The highest BCUT2D eigenvalue weighted by Gasteiger charge is 1.96. The van der Waals surface area contributed by atoms with E-state index >= 15 is 0 Å². The minimum atomic E-state index is 0.715. The van der Waals surface area contributed by atoms with E-state index in [2.05, 4.69) is 26.0 Å². The quantitative estimate of drug-likeness (QED) is 0.801. The topological polar surface area (TPSA) is 30.7 Å². The molecule has 66 valence electrons. The molecule has 0 radical (unpaired) electrons. The predicted molar refractivity (Wildman–Crippen MR) is 53.3 cm³/mol. The van der Waals surface area contributed by atoms with Crippen molar-refractivity contribution in [2.24, 2.45) is 0 Å². The van der Waals surface area contributed by atoms with E-state index in [-0.39, 0.29) is 0 Å². The molecule has 2 heterocycles. The van der Waals surface area contributed by atoms with E-state index in [1.807, 2.05) is 29.1 Å². The van der Waals surface area contributed by atoms with Gasteiger partial charge in [0.05, 0.1) is 22.9 Å². The molecule has 0 amide bonds. The fourth-order valence-corrected chi connectivity index (χ4v) is 1.41. The average molecular weight is 238 g/mol. The Hall–Kier alpha value is -1.16. The maximum Gasteiger partial charge on any atom is 0.0831 e. The van der Waals surface area contributed by atoms with Crippen LogP contribution in [-0.2, 0) is 6.54 Å². The van der Waals surface area contributed by atoms with E-state index < -0.39 is 0 Å². The second-order valence-corrected chi connectivity index (χ2v) is 3.59. The third kappa shape index (κ3) is 2.15. The number of halogens is 1. The monoisotopic (exact) mass is 237 g/mol. The first kappa shape index (κ1) is 8.44. The fourth-order valence-electron chi connectivity index (χ4n) is 1.08. The summed E-state index contributed by atoms with van der Waals surface area (Å²) in [6.07, 6.45) is 5.48. The smallest absolute Gasteiger partial charge is 0.0831 e. The van der Waals surface area contributed by atoms with Crippen molar-refractivity contribution in [1.29, 1.82) is 0 Å². The summed E-state index contributed by atoms with van der Waals surface area (Å²) in [5, 5.41) is 4.14. The largest absolute Gasteiger partial charge is 0.266 e. The third-order valence-electron chi connectivity index (χ3n) is 1.65. The summed E-state index contributed by atoms with van der Waals surface area (Å²) in [7, 11) is 0. The molecule has 4 heteroatoms. The average Bonchev–Trinajstić information content (AvgIpc) is 2.53. The summed E-state index contributed by atoms with van der Waals surface area (Å²) in [5.41, 5.74) is 1.01. The molecule has 0 aliphatic carbocycles. The van der Waals surface area contributed by atoms with Crippen molar-refractivity contribution >= 4 is 15.9 Å². The van der Waals surface area contributed by atoms with Gasteiger partial charge in [-0.1, -0.05) is 6.07 Å². The van der Waals surface area contributed by atoms with E-state index in [1.54, 1.807) is 12.4 Å². The van der Waals surface area contributed by atoms with Gasteiger partial charge >= 0.3 is 0 Å². The molecule has 3 nitrogen and oxygen atoms in total. The Kier molecular flexibility index (Phi) is 2.40. The van der Waals surface area contributed by atoms with Crippen LogP contribution in [0.4, 0.5) is 0 Å². The number of aromatic nitrogens is 3. The second kappa shape index (κ2) is 3.70. The highest BCUT2D eigenvalue weighted by Crippen LogP contribution is 2.07. The molecule has 13 heavy (non-hydrogen) atoms. The van der Waals surface area contributed by atoms with Crippen LogP contribution in [0.1, 0.15) is 5.69 Å². The highest BCUT2D eigenvalue weighted by atomic mass is 79.9. The third-order valence-corrected chi connectivity index (χ3v) is 2.06. The van der Waals surface area contributed by atoms with E-state index in [4.69, 9.17) is 0 Å². The van der Waals surface area contributed by atoms with Crippen LogP contribution in [0.5, 0.6) is 0 Å². The van der Waals surface area contributed by atoms with Crippen molar-refractivity contribution in [3.63, 3.8) is 0 Å². The molecular formula is C9H8BrN3. The number of hydrogen-bond donors (Lipinski definition) is 0. The zero-order valence-corrected chi connectivity index (χ0v) is 8.48. The van der Waals surface area contributed by atoms with Crippen molar-refractivity contribution in [2.45, 2.75) is 6.54 Å². The van der Waals surface area contributed by atoms with Crippen molar-refractivity contribution in [3.05, 3.63) is 47.0 Å². The Morgan fingerprint density at radius 1 is 1.38 bits per heavy atom. The minimum absolute atomic E-state index is 0.715. The molecule has 0 saturated carbocycles. The Morgan fingerprint density at radius 2 is 2.31 bits per heavy atom. The molecule has 0 saturated heterocycles. The van der Waals surface area contributed by atoms with Crippen molar-refractivity contribution in [1.82, 2.24) is 14.8 Å². The molecule has 0 N–H and O–H groups in total. The second-order valence-electron chi connectivity index (χ2n) is 2.68. The summed E-state index contributed by atoms with van der Waals surface area (Å²) >= 11 is 3.34. The SMILES string of the molecule is Brc1cnn(Cc2ccccn2)c1. The lowest BCUT2D eigenvalue weighted by Crippen LogP contribution is -2.01. The molecule has 2 aromatic rings. The van der Waals surface area contributed by atoms with Gasteiger partial charge in [0.25, 0.3) is 0 Å². The lowest BCUT2D eigenvalue weighted by atomic mass is 10.3. The molecule has 0 unspecified atom stereocenters. The van der Waals surface area contributed by atoms with Crippen LogP contribution in [0.2, 0.25) is 0 Å². The van der Waals surface area contributed by atoms with Crippen LogP contribution in [0, 0.1) is 0 Å². The van der Waals surface area contributed by atoms with Gasteiger partial charge < -0.3 is 0 Å². The Labute approximate surface area is 84.5 Å². The highest BCUT2D eigenvalue weighted by molar-refractivity contribution is 9.10. The predicted octanol–water partition coefficient (Wildman–Crippen LogP) is 2.09. The Morgan fingerprint density at radius 3 is 2.92 bits per heavy atom. The molecule has 0 spiro atoms. The minimum Gasteiger partial charge on any atom is -0.266 e. The summed E-state index contributed by atoms with van der Waals surface area (Å²) in [6.45, 7) is 0.715. The lowest BCUT2D eigenvalue weighted by Gasteiger charge is -1.98. The molecule has 2 rings (SSSR count). The number of pyridine rings is 1. The van der Waals surface area contributed by atoms with Crippen molar-refractivity contribution in [3.8, 4) is 0 Å². The van der Waals surface area contributed by atoms with Gasteiger partial charge in [-0.25, -0.2) is 0 Å². The van der Waals surface area contributed by atoms with Gasteiger partial charge in [0.15, 0.2) is 0 Å². The number of hydrogen-bond acceptors (Lipinski definition) is 2. The van der Waals surface area contributed by atoms with Gasteiger partial charge in [-0.3, -0.25) is 9.67 Å². The van der Waals surface area contributed by atoms with E-state index in [0.717, 1.165) is 10.2 Å². The summed E-state index contributed by atoms with van der Waals surface area (Å²) in [6, 6.07) is 5.86. The molecule has 2 aromatic heterocycles. The molecule has 0 atom stereocenters. The van der Waals surface area contributed by atoms with Crippen LogP contribution in [0.3, 0.4) is 0 Å². The fraction of sp³-hybridized carbons (Fsp3) is 0.111. The number of rotatable bonds is 2. The molecule has 0 fully saturated rings. The van der Waals surface area contributed by atoms with Gasteiger partial charge in [0.2, 0.25) is 0 Å². The number of nitrogens with zero attached hydrogens (tertiary/aromatic N) is 3. The van der Waals surface area contributed by atoms with E-state index in [0.29, 0.717) is 6.54 Å². The normalized spacial score (nSPS) is 10.2. The first-order valence-corrected chi connectivity index (χ1v) is 4.72. The van der Waals surface area contributed by atoms with Crippen molar-refractivity contribution in [2.75, 3.05) is 0 Å².